The van der Waals surface area contributed by atoms with Gasteiger partial charge in [0.15, 0.2) is 0 Å². The third-order valence-electron chi connectivity index (χ3n) is 3.68. The Morgan fingerprint density at radius 2 is 2.00 bits per heavy atom. The van der Waals surface area contributed by atoms with E-state index < -0.39 is 28.3 Å². The normalized spacial score (nSPS) is 16.0. The highest BCUT2D eigenvalue weighted by atomic mass is 35.5. The van der Waals surface area contributed by atoms with Crippen LogP contribution < -0.4 is 15.5 Å². The van der Waals surface area contributed by atoms with E-state index in [1.165, 1.54) is 12.3 Å². The second kappa shape index (κ2) is 9.35. The fraction of sp³-hybridized carbons (Fsp3) is 0.105. The molecule has 2 aromatic carbocycles. The molecule has 8 nitrogen and oxygen atoms in total. The summed E-state index contributed by atoms with van der Waals surface area (Å²) in [6.45, 7) is 0. The van der Waals surface area contributed by atoms with Gasteiger partial charge in [0.05, 0.1) is 12.6 Å². The highest BCUT2D eigenvalue weighted by Gasteiger charge is 2.33. The van der Waals surface area contributed by atoms with Crippen LogP contribution in [0, 0.1) is 0 Å². The predicted molar refractivity (Wildman–Crippen MR) is 108 cm³/mol. The standard InChI is InChI=1S/C19H14ClN3O5S/c20-13-5-2-4-12(8-13)17(25)23-21-10-11-3-1-6-14(7-11)28-16(24)9-15-18(26)22-19(27)29-15/h1-8,10,15H,9H2,(H,23,25)(H,22,26,27)/b21-10+. The molecule has 3 amide bonds. The molecule has 2 aromatic rings. The Hall–Kier alpha value is -3.17. The first kappa shape index (κ1) is 20.6. The minimum Gasteiger partial charge on any atom is -0.426 e. The van der Waals surface area contributed by atoms with E-state index in [1.807, 2.05) is 0 Å². The molecule has 148 valence electrons. The minimum atomic E-state index is -0.790. The Balaban J connectivity index is 1.55. The number of ether oxygens (including phenoxy) is 1. The Morgan fingerprint density at radius 1 is 1.21 bits per heavy atom. The van der Waals surface area contributed by atoms with Crippen LogP contribution in [0.4, 0.5) is 4.79 Å². The average molecular weight is 432 g/mol. The van der Waals surface area contributed by atoms with E-state index in [2.05, 4.69) is 15.8 Å². The van der Waals surface area contributed by atoms with Crippen LogP contribution in [-0.4, -0.2) is 34.5 Å². The molecule has 0 aliphatic carbocycles. The van der Waals surface area contributed by atoms with Gasteiger partial charge in [-0.05, 0) is 35.9 Å². The first-order valence-electron chi connectivity index (χ1n) is 8.32. The summed E-state index contributed by atoms with van der Waals surface area (Å²) in [5, 5.41) is 5.15. The molecule has 0 aromatic heterocycles. The molecule has 1 fully saturated rings. The van der Waals surface area contributed by atoms with Crippen molar-refractivity contribution >= 4 is 52.6 Å². The summed E-state index contributed by atoms with van der Waals surface area (Å²) in [5.74, 6) is -1.33. The van der Waals surface area contributed by atoms with Crippen molar-refractivity contribution in [2.24, 2.45) is 5.10 Å². The van der Waals surface area contributed by atoms with Gasteiger partial charge in [-0.2, -0.15) is 5.10 Å². The maximum Gasteiger partial charge on any atom is 0.312 e. The molecule has 1 saturated heterocycles. The Kier molecular flexibility index (Phi) is 6.63. The molecule has 1 aliphatic heterocycles. The highest BCUT2D eigenvalue weighted by Crippen LogP contribution is 2.23. The number of hydrazone groups is 1. The summed E-state index contributed by atoms with van der Waals surface area (Å²) in [7, 11) is 0. The molecule has 1 aliphatic rings. The van der Waals surface area contributed by atoms with Crippen molar-refractivity contribution in [3.05, 3.63) is 64.7 Å². The number of rotatable bonds is 6. The van der Waals surface area contributed by atoms with Crippen molar-refractivity contribution < 1.29 is 23.9 Å². The van der Waals surface area contributed by atoms with Gasteiger partial charge in [-0.15, -0.1) is 0 Å². The fourth-order valence-electron chi connectivity index (χ4n) is 2.37. The first-order valence-corrected chi connectivity index (χ1v) is 9.57. The van der Waals surface area contributed by atoms with Crippen molar-refractivity contribution in [2.45, 2.75) is 11.7 Å². The van der Waals surface area contributed by atoms with Crippen molar-refractivity contribution in [1.82, 2.24) is 10.7 Å². The molecule has 29 heavy (non-hydrogen) atoms. The lowest BCUT2D eigenvalue weighted by Gasteiger charge is -2.07. The van der Waals surface area contributed by atoms with Crippen molar-refractivity contribution in [1.29, 1.82) is 0 Å². The zero-order valence-electron chi connectivity index (χ0n) is 14.8. The molecule has 10 heteroatoms. The summed E-state index contributed by atoms with van der Waals surface area (Å²) < 4.78 is 5.20. The summed E-state index contributed by atoms with van der Waals surface area (Å²) in [4.78, 5) is 46.6. The average Bonchev–Trinajstić information content (AvgIpc) is 2.98. The van der Waals surface area contributed by atoms with Gasteiger partial charge in [0.2, 0.25) is 5.91 Å². The lowest BCUT2D eigenvalue weighted by molar-refractivity contribution is -0.135. The van der Waals surface area contributed by atoms with E-state index in [4.69, 9.17) is 16.3 Å². The van der Waals surface area contributed by atoms with E-state index in [-0.39, 0.29) is 12.2 Å². The Labute approximate surface area is 174 Å². The Bertz CT molecular complexity index is 1010. The van der Waals surface area contributed by atoms with Crippen LogP contribution in [-0.2, 0) is 9.59 Å². The van der Waals surface area contributed by atoms with Gasteiger partial charge in [-0.25, -0.2) is 5.43 Å². The molecule has 0 bridgehead atoms. The van der Waals surface area contributed by atoms with Crippen LogP contribution in [0.15, 0.2) is 53.6 Å². The number of carbonyl (C=O) groups is 4. The number of esters is 1. The lowest BCUT2D eigenvalue weighted by Crippen LogP contribution is -2.27. The number of hydrogen-bond acceptors (Lipinski definition) is 7. The van der Waals surface area contributed by atoms with Gasteiger partial charge in [0, 0.05) is 10.6 Å². The molecule has 1 unspecified atom stereocenters. The molecule has 1 heterocycles. The van der Waals surface area contributed by atoms with Crippen LogP contribution in [0.2, 0.25) is 5.02 Å². The summed E-state index contributed by atoms with van der Waals surface area (Å²) in [6, 6.07) is 12.9. The van der Waals surface area contributed by atoms with Crippen molar-refractivity contribution in [2.75, 3.05) is 0 Å². The van der Waals surface area contributed by atoms with Gasteiger partial charge in [0.1, 0.15) is 11.0 Å². The van der Waals surface area contributed by atoms with Crippen LogP contribution in [0.3, 0.4) is 0 Å². The molecule has 0 saturated carbocycles. The molecular weight excluding hydrogens is 418 g/mol. The number of halogens is 1. The van der Waals surface area contributed by atoms with E-state index in [9.17, 15) is 19.2 Å². The van der Waals surface area contributed by atoms with E-state index >= 15 is 0 Å². The first-order chi connectivity index (χ1) is 13.9. The monoisotopic (exact) mass is 431 g/mol. The van der Waals surface area contributed by atoms with Crippen LogP contribution in [0.5, 0.6) is 5.75 Å². The predicted octanol–water partition coefficient (Wildman–Crippen LogP) is 2.75. The fourth-order valence-corrected chi connectivity index (χ4v) is 3.36. The largest absolute Gasteiger partial charge is 0.426 e. The maximum atomic E-state index is 12.0. The zero-order chi connectivity index (χ0) is 20.8. The summed E-state index contributed by atoms with van der Waals surface area (Å²) in [6.07, 6.45) is 1.16. The number of imide groups is 1. The smallest absolute Gasteiger partial charge is 0.312 e. The number of nitrogens with zero attached hydrogens (tertiary/aromatic N) is 1. The number of thioether (sulfide) groups is 1. The van der Waals surface area contributed by atoms with Crippen LogP contribution in [0.25, 0.3) is 0 Å². The van der Waals surface area contributed by atoms with E-state index in [0.717, 1.165) is 11.8 Å². The minimum absolute atomic E-state index is 0.226. The molecular formula is C19H14ClN3O5S. The molecule has 1 atom stereocenters. The van der Waals surface area contributed by atoms with Gasteiger partial charge < -0.3 is 4.74 Å². The number of benzene rings is 2. The highest BCUT2D eigenvalue weighted by molar-refractivity contribution is 8.15. The van der Waals surface area contributed by atoms with Gasteiger partial charge in [-0.3, -0.25) is 24.5 Å². The van der Waals surface area contributed by atoms with E-state index in [1.54, 1.807) is 42.5 Å². The summed E-state index contributed by atoms with van der Waals surface area (Å²) >= 11 is 6.60. The number of amides is 3. The molecule has 3 rings (SSSR count). The molecule has 0 radical (unpaired) electrons. The zero-order valence-corrected chi connectivity index (χ0v) is 16.3. The van der Waals surface area contributed by atoms with Gasteiger partial charge in [-0.1, -0.05) is 41.6 Å². The molecule has 0 spiro atoms. The third-order valence-corrected chi connectivity index (χ3v) is 4.89. The van der Waals surface area contributed by atoms with Crippen molar-refractivity contribution in [3.8, 4) is 5.75 Å². The lowest BCUT2D eigenvalue weighted by atomic mass is 10.2. The van der Waals surface area contributed by atoms with Crippen LogP contribution in [0.1, 0.15) is 22.3 Å². The number of hydrogen-bond donors (Lipinski definition) is 2. The second-order valence-corrected chi connectivity index (χ2v) is 7.46. The Morgan fingerprint density at radius 3 is 2.72 bits per heavy atom. The third kappa shape index (κ3) is 5.90. The van der Waals surface area contributed by atoms with Crippen molar-refractivity contribution in [3.63, 3.8) is 0 Å². The van der Waals surface area contributed by atoms with E-state index in [0.29, 0.717) is 16.1 Å². The van der Waals surface area contributed by atoms with Crippen LogP contribution >= 0.6 is 23.4 Å². The topological polar surface area (TPSA) is 114 Å². The SMILES string of the molecule is O=C(CC1SC(=O)NC1=O)Oc1cccc(/C=N/NC(=O)c2cccc(Cl)c2)c1. The second-order valence-electron chi connectivity index (χ2n) is 5.84. The quantitative estimate of drug-likeness (QED) is 0.314. The van der Waals surface area contributed by atoms with Gasteiger partial charge >= 0.3 is 5.97 Å². The van der Waals surface area contributed by atoms with Gasteiger partial charge in [0.25, 0.3) is 11.1 Å². The number of carbonyl (C=O) groups excluding carboxylic acids is 4. The maximum absolute atomic E-state index is 12.0. The molecule has 2 N–H and O–H groups in total. The summed E-state index contributed by atoms with van der Waals surface area (Å²) in [5.41, 5.74) is 3.32. The number of nitrogens with one attached hydrogen (secondary N) is 2.